The molecule has 1 aromatic carbocycles. The second-order valence-electron chi connectivity index (χ2n) is 10.6. The molecule has 3 heterocycles. The summed E-state index contributed by atoms with van der Waals surface area (Å²) >= 11 is 0. The van der Waals surface area contributed by atoms with E-state index >= 15 is 0 Å². The number of alkyl halides is 3. The maximum absolute atomic E-state index is 13.8. The van der Waals surface area contributed by atoms with E-state index in [0.717, 1.165) is 6.42 Å². The average Bonchev–Trinajstić information content (AvgIpc) is 3.35. The van der Waals surface area contributed by atoms with Crippen LogP contribution in [0.3, 0.4) is 0 Å². The Morgan fingerprint density at radius 1 is 1.17 bits per heavy atom. The molecular weight excluding hydrogens is 569 g/mol. The maximum atomic E-state index is 13.8. The van der Waals surface area contributed by atoms with Crippen LogP contribution in [-0.2, 0) is 24.4 Å². The van der Waals surface area contributed by atoms with Crippen molar-refractivity contribution in [3.05, 3.63) is 42.6 Å². The zero-order chi connectivity index (χ0) is 29.4. The van der Waals surface area contributed by atoms with Gasteiger partial charge in [0, 0.05) is 18.7 Å². The van der Waals surface area contributed by atoms with Crippen molar-refractivity contribution in [3.63, 3.8) is 0 Å². The zero-order valence-corrected chi connectivity index (χ0v) is 22.3. The summed E-state index contributed by atoms with van der Waals surface area (Å²) in [4.78, 5) is 42.8. The Morgan fingerprint density at radius 2 is 1.88 bits per heavy atom. The van der Waals surface area contributed by atoms with Crippen LogP contribution in [0.2, 0.25) is 0 Å². The number of likely N-dealkylation sites (tertiary alicyclic amines) is 1. The number of anilines is 1. The topological polar surface area (TPSA) is 166 Å². The molecule has 7 rings (SSSR count). The number of nitrogen functional groups attached to an aromatic ring is 1. The van der Waals surface area contributed by atoms with E-state index in [9.17, 15) is 31.2 Å². The number of hydrogen-bond acceptors (Lipinski definition) is 10. The normalized spacial score (nSPS) is 23.4. The smallest absolute Gasteiger partial charge is 0.381 e. The fourth-order valence-electron chi connectivity index (χ4n) is 5.68. The number of hydroxylamine groups is 1. The monoisotopic (exact) mass is 592 g/mol. The molecule has 3 saturated carbocycles. The van der Waals surface area contributed by atoms with Gasteiger partial charge >= 0.3 is 12.1 Å². The van der Waals surface area contributed by atoms with Gasteiger partial charge in [-0.05, 0) is 54.8 Å². The largest absolute Gasteiger partial charge is 0.492 e. The number of amides is 1. The van der Waals surface area contributed by atoms with Crippen molar-refractivity contribution < 1.29 is 36.0 Å². The van der Waals surface area contributed by atoms with E-state index in [1.165, 1.54) is 41.7 Å². The third-order valence-corrected chi connectivity index (χ3v) is 9.55. The standard InChI is InChI=1S/C24H23F3N8O5S/c1-14-3-4-15(7-16(14)17-8-30-18(28)19(32-17)34-13-29-12-31-34)41(38,39)35(40-21(37)24(25,26)27)23-9-22(10-23,11-23)20(36)33-5-2-6-33/h3-4,7-8,12-13H,2,5-6,9-11H2,1H3,(H2,28,30). The van der Waals surface area contributed by atoms with E-state index in [2.05, 4.69) is 24.9 Å². The lowest BCUT2D eigenvalue weighted by atomic mass is 9.39. The molecule has 2 bridgehead atoms. The van der Waals surface area contributed by atoms with Crippen molar-refractivity contribution in [1.82, 2.24) is 34.1 Å². The van der Waals surface area contributed by atoms with Crippen LogP contribution < -0.4 is 5.73 Å². The van der Waals surface area contributed by atoms with E-state index < -0.39 is 38.0 Å². The molecule has 0 unspecified atom stereocenters. The average molecular weight is 593 g/mol. The molecule has 4 fully saturated rings. The first-order valence-corrected chi connectivity index (χ1v) is 13.9. The molecule has 1 aliphatic heterocycles. The number of nitrogens with zero attached hydrogens (tertiary/aromatic N) is 7. The van der Waals surface area contributed by atoms with Crippen LogP contribution in [0.25, 0.3) is 17.1 Å². The van der Waals surface area contributed by atoms with E-state index in [1.54, 1.807) is 11.8 Å². The van der Waals surface area contributed by atoms with Gasteiger partial charge in [-0.25, -0.2) is 28.2 Å². The van der Waals surface area contributed by atoms with Crippen molar-refractivity contribution in [1.29, 1.82) is 0 Å². The Bertz CT molecular complexity index is 1650. The Kier molecular flexibility index (Phi) is 5.90. The van der Waals surface area contributed by atoms with Gasteiger partial charge in [0.05, 0.1) is 27.7 Å². The van der Waals surface area contributed by atoms with Crippen molar-refractivity contribution in [3.8, 4) is 17.1 Å². The second-order valence-corrected chi connectivity index (χ2v) is 12.3. The van der Waals surface area contributed by atoms with Crippen LogP contribution >= 0.6 is 0 Å². The van der Waals surface area contributed by atoms with Gasteiger partial charge in [-0.2, -0.15) is 23.0 Å². The Hall–Kier alpha value is -4.12. The molecule has 3 aromatic rings. The highest BCUT2D eigenvalue weighted by molar-refractivity contribution is 7.89. The van der Waals surface area contributed by atoms with Crippen LogP contribution in [0, 0.1) is 12.3 Å². The number of aryl methyl sites for hydroxylation is 1. The molecule has 17 heteroatoms. The summed E-state index contributed by atoms with van der Waals surface area (Å²) in [7, 11) is -4.85. The molecule has 2 N–H and O–H groups in total. The summed E-state index contributed by atoms with van der Waals surface area (Å²) in [6.45, 7) is 2.83. The molecule has 2 aromatic heterocycles. The molecule has 1 saturated heterocycles. The van der Waals surface area contributed by atoms with Crippen LogP contribution in [0.1, 0.15) is 31.2 Å². The number of carbonyl (C=O) groups excluding carboxylic acids is 2. The van der Waals surface area contributed by atoms with Gasteiger partial charge in [-0.15, -0.1) is 0 Å². The fraction of sp³-hybridized carbons (Fsp3) is 0.417. The number of halogens is 3. The lowest BCUT2D eigenvalue weighted by Crippen LogP contribution is -2.79. The van der Waals surface area contributed by atoms with Crippen LogP contribution in [0.15, 0.2) is 41.9 Å². The number of rotatable bonds is 7. The molecule has 3 aliphatic carbocycles. The van der Waals surface area contributed by atoms with Gasteiger partial charge in [0.25, 0.3) is 10.0 Å². The predicted octanol–water partition coefficient (Wildman–Crippen LogP) is 1.78. The van der Waals surface area contributed by atoms with Gasteiger partial charge in [0.1, 0.15) is 12.7 Å². The molecule has 4 aliphatic rings. The zero-order valence-electron chi connectivity index (χ0n) is 21.5. The minimum atomic E-state index is -5.45. The van der Waals surface area contributed by atoms with Crippen molar-refractivity contribution >= 4 is 27.7 Å². The minimum Gasteiger partial charge on any atom is -0.381 e. The van der Waals surface area contributed by atoms with Crippen LogP contribution in [0.4, 0.5) is 19.0 Å². The molecule has 41 heavy (non-hydrogen) atoms. The minimum absolute atomic E-state index is 0.0243. The quantitative estimate of drug-likeness (QED) is 0.400. The molecular formula is C24H23F3N8O5S. The number of hydrogen-bond donors (Lipinski definition) is 1. The van der Waals surface area contributed by atoms with Crippen molar-refractivity contribution in [2.75, 3.05) is 18.8 Å². The summed E-state index contributed by atoms with van der Waals surface area (Å²) < 4.78 is 68.7. The highest BCUT2D eigenvalue weighted by atomic mass is 32.2. The number of carbonyl (C=O) groups is 2. The van der Waals surface area contributed by atoms with Crippen molar-refractivity contribution in [2.24, 2.45) is 5.41 Å². The highest BCUT2D eigenvalue weighted by Crippen LogP contribution is 2.71. The van der Waals surface area contributed by atoms with Gasteiger partial charge < -0.3 is 15.5 Å². The van der Waals surface area contributed by atoms with Crippen molar-refractivity contribution in [2.45, 2.75) is 49.2 Å². The Labute approximate surface area is 231 Å². The van der Waals surface area contributed by atoms with E-state index in [1.807, 2.05) is 0 Å². The van der Waals surface area contributed by atoms with E-state index in [4.69, 9.17) is 5.73 Å². The molecule has 0 atom stereocenters. The Morgan fingerprint density at radius 3 is 2.46 bits per heavy atom. The number of sulfonamides is 1. The summed E-state index contributed by atoms with van der Waals surface area (Å²) in [5.74, 6) is -2.69. The molecule has 216 valence electrons. The Balaban J connectivity index is 1.36. The van der Waals surface area contributed by atoms with Gasteiger partial charge in [-0.1, -0.05) is 6.07 Å². The van der Waals surface area contributed by atoms with Crippen LogP contribution in [-0.4, -0.2) is 79.2 Å². The summed E-state index contributed by atoms with van der Waals surface area (Å²) in [5, 5.41) is 3.97. The first kappa shape index (κ1) is 27.1. The van der Waals surface area contributed by atoms with Crippen LogP contribution in [0.5, 0.6) is 0 Å². The summed E-state index contributed by atoms with van der Waals surface area (Å²) in [5.41, 5.74) is 4.63. The second kappa shape index (κ2) is 8.94. The van der Waals surface area contributed by atoms with E-state index in [-0.39, 0.29) is 52.5 Å². The maximum Gasteiger partial charge on any atom is 0.492 e. The number of nitrogens with two attached hydrogens (primary N) is 1. The third-order valence-electron chi connectivity index (χ3n) is 7.80. The lowest BCUT2D eigenvalue weighted by Gasteiger charge is -2.71. The van der Waals surface area contributed by atoms with Gasteiger partial charge in [0.15, 0.2) is 11.6 Å². The lowest BCUT2D eigenvalue weighted by molar-refractivity contribution is -0.291. The number of benzene rings is 1. The SMILES string of the molecule is Cc1ccc(S(=O)(=O)N(OC(=O)C(F)(F)F)C23CC(C(=O)N4CCC4)(C2)C3)cc1-c1cnc(N)c(-n2cncn2)n1. The summed E-state index contributed by atoms with van der Waals surface area (Å²) in [6, 6.07) is 3.84. The van der Waals surface area contributed by atoms with E-state index in [0.29, 0.717) is 18.7 Å². The number of aromatic nitrogens is 5. The fourth-order valence-corrected chi connectivity index (χ4v) is 7.24. The summed E-state index contributed by atoms with van der Waals surface area (Å²) in [6.07, 6.45) is -0.843. The molecule has 0 radical (unpaired) electrons. The molecule has 13 nitrogen and oxygen atoms in total. The molecule has 0 spiro atoms. The third kappa shape index (κ3) is 4.21. The highest BCUT2D eigenvalue weighted by Gasteiger charge is 2.78. The predicted molar refractivity (Wildman–Crippen MR) is 133 cm³/mol. The first-order chi connectivity index (χ1) is 19.3. The van der Waals surface area contributed by atoms with Gasteiger partial charge in [-0.3, -0.25) is 4.79 Å². The first-order valence-electron chi connectivity index (χ1n) is 12.5. The molecule has 1 amide bonds. The van der Waals surface area contributed by atoms with Gasteiger partial charge in [0.2, 0.25) is 5.91 Å².